The standard InChI is InChI=1S/C15H14ClF3N2O3/c16-13-5-9(15(17,18)19)6-21-14(13)24-12-3-1-10(2-4-12)20-7-11(23)8-22/h1-6,11,20,22-23H,7-8H2. The first kappa shape index (κ1) is 18.3. The summed E-state index contributed by atoms with van der Waals surface area (Å²) in [4.78, 5) is 3.58. The van der Waals surface area contributed by atoms with Crippen LogP contribution in [0.3, 0.4) is 0 Å². The number of nitrogens with zero attached hydrogens (tertiary/aromatic N) is 1. The average molecular weight is 363 g/mol. The number of anilines is 1. The zero-order valence-corrected chi connectivity index (χ0v) is 13.0. The van der Waals surface area contributed by atoms with Crippen LogP contribution < -0.4 is 10.1 Å². The molecule has 130 valence electrons. The van der Waals surface area contributed by atoms with E-state index in [0.29, 0.717) is 17.6 Å². The van der Waals surface area contributed by atoms with Gasteiger partial charge in [-0.05, 0) is 30.3 Å². The minimum Gasteiger partial charge on any atom is -0.438 e. The van der Waals surface area contributed by atoms with Crippen molar-refractivity contribution in [1.29, 1.82) is 0 Å². The number of aliphatic hydroxyl groups is 2. The second-order valence-electron chi connectivity index (χ2n) is 4.85. The molecule has 5 nitrogen and oxygen atoms in total. The first-order valence-corrected chi connectivity index (χ1v) is 7.21. The number of ether oxygens (including phenoxy) is 1. The molecule has 9 heteroatoms. The van der Waals surface area contributed by atoms with Crippen LogP contribution in [0, 0.1) is 0 Å². The van der Waals surface area contributed by atoms with Crippen molar-refractivity contribution in [2.24, 2.45) is 0 Å². The summed E-state index contributed by atoms with van der Waals surface area (Å²) in [5.74, 6) is 0.193. The maximum absolute atomic E-state index is 12.5. The molecule has 24 heavy (non-hydrogen) atoms. The van der Waals surface area contributed by atoms with E-state index in [4.69, 9.17) is 21.4 Å². The SMILES string of the molecule is OCC(O)CNc1ccc(Oc2ncc(C(F)(F)F)cc2Cl)cc1. The van der Waals surface area contributed by atoms with Crippen LogP contribution in [0.2, 0.25) is 5.02 Å². The van der Waals surface area contributed by atoms with Crippen LogP contribution in [-0.4, -0.2) is 34.5 Å². The largest absolute Gasteiger partial charge is 0.438 e. The van der Waals surface area contributed by atoms with E-state index in [1.807, 2.05) is 0 Å². The molecule has 1 heterocycles. The van der Waals surface area contributed by atoms with Crippen molar-refractivity contribution in [3.8, 4) is 11.6 Å². The van der Waals surface area contributed by atoms with Gasteiger partial charge in [0.25, 0.3) is 0 Å². The zero-order valence-electron chi connectivity index (χ0n) is 12.2. The summed E-state index contributed by atoms with van der Waals surface area (Å²) in [6.07, 6.45) is -4.76. The van der Waals surface area contributed by atoms with Crippen molar-refractivity contribution < 1.29 is 28.1 Å². The van der Waals surface area contributed by atoms with Gasteiger partial charge < -0.3 is 20.3 Å². The van der Waals surface area contributed by atoms with Gasteiger partial charge in [-0.25, -0.2) is 4.98 Å². The highest BCUT2D eigenvalue weighted by molar-refractivity contribution is 6.31. The fourth-order valence-corrected chi connectivity index (χ4v) is 1.91. The summed E-state index contributed by atoms with van der Waals surface area (Å²) in [5.41, 5.74) is -0.289. The molecule has 0 radical (unpaired) electrons. The molecular weight excluding hydrogens is 349 g/mol. The number of pyridine rings is 1. The molecule has 0 saturated carbocycles. The Labute approximate surface area is 140 Å². The molecule has 0 aliphatic rings. The van der Waals surface area contributed by atoms with Crippen molar-refractivity contribution >= 4 is 17.3 Å². The van der Waals surface area contributed by atoms with E-state index in [9.17, 15) is 18.3 Å². The van der Waals surface area contributed by atoms with Gasteiger partial charge in [-0.3, -0.25) is 0 Å². The minimum absolute atomic E-state index is 0.138. The van der Waals surface area contributed by atoms with Crippen molar-refractivity contribution in [3.05, 3.63) is 47.1 Å². The van der Waals surface area contributed by atoms with Gasteiger partial charge in [0.05, 0.1) is 18.3 Å². The Morgan fingerprint density at radius 3 is 2.46 bits per heavy atom. The molecule has 1 unspecified atom stereocenters. The third-order valence-electron chi connectivity index (χ3n) is 2.96. The number of hydrogen-bond acceptors (Lipinski definition) is 5. The summed E-state index contributed by atoms with van der Waals surface area (Å²) in [7, 11) is 0. The molecule has 0 aliphatic heterocycles. The first-order chi connectivity index (χ1) is 11.3. The number of rotatable bonds is 6. The number of halogens is 4. The fraction of sp³-hybridized carbons (Fsp3) is 0.267. The number of alkyl halides is 3. The smallest absolute Gasteiger partial charge is 0.417 e. The number of nitrogens with one attached hydrogen (secondary N) is 1. The van der Waals surface area contributed by atoms with Crippen molar-refractivity contribution in [2.45, 2.75) is 12.3 Å². The van der Waals surface area contributed by atoms with Crippen LogP contribution in [0.25, 0.3) is 0 Å². The lowest BCUT2D eigenvalue weighted by molar-refractivity contribution is -0.137. The van der Waals surface area contributed by atoms with Gasteiger partial charge in [0.2, 0.25) is 5.88 Å². The van der Waals surface area contributed by atoms with E-state index in [0.717, 1.165) is 6.07 Å². The summed E-state index contributed by atoms with van der Waals surface area (Å²) in [6, 6.07) is 7.14. The third-order valence-corrected chi connectivity index (χ3v) is 3.23. The van der Waals surface area contributed by atoms with E-state index in [1.165, 1.54) is 0 Å². The van der Waals surface area contributed by atoms with E-state index in [-0.39, 0.29) is 24.1 Å². The van der Waals surface area contributed by atoms with Crippen LogP contribution in [0.15, 0.2) is 36.5 Å². The lowest BCUT2D eigenvalue weighted by Crippen LogP contribution is -2.22. The van der Waals surface area contributed by atoms with Gasteiger partial charge in [-0.1, -0.05) is 11.6 Å². The Morgan fingerprint density at radius 2 is 1.92 bits per heavy atom. The van der Waals surface area contributed by atoms with Gasteiger partial charge in [0.1, 0.15) is 10.8 Å². The van der Waals surface area contributed by atoms with Gasteiger partial charge in [-0.2, -0.15) is 13.2 Å². The molecule has 2 aromatic rings. The first-order valence-electron chi connectivity index (χ1n) is 6.83. The molecule has 0 bridgehead atoms. The molecule has 0 fully saturated rings. The molecular formula is C15H14ClF3N2O3. The predicted octanol–water partition coefficient (Wildman–Crippen LogP) is 3.31. The van der Waals surface area contributed by atoms with E-state index >= 15 is 0 Å². The van der Waals surface area contributed by atoms with Gasteiger partial charge in [-0.15, -0.1) is 0 Å². The number of hydrogen-bond donors (Lipinski definition) is 3. The topological polar surface area (TPSA) is 74.6 Å². The summed E-state index contributed by atoms with van der Waals surface area (Å²) >= 11 is 5.77. The molecule has 0 amide bonds. The highest BCUT2D eigenvalue weighted by Crippen LogP contribution is 2.34. The third kappa shape index (κ3) is 4.98. The Kier molecular flexibility index (Phi) is 5.87. The Morgan fingerprint density at radius 1 is 1.25 bits per heavy atom. The second-order valence-corrected chi connectivity index (χ2v) is 5.26. The van der Waals surface area contributed by atoms with Crippen molar-refractivity contribution in [2.75, 3.05) is 18.5 Å². The van der Waals surface area contributed by atoms with Gasteiger partial charge in [0, 0.05) is 18.4 Å². The van der Waals surface area contributed by atoms with E-state index < -0.39 is 17.8 Å². The molecule has 1 atom stereocenters. The molecule has 0 saturated heterocycles. The van der Waals surface area contributed by atoms with Crippen molar-refractivity contribution in [1.82, 2.24) is 4.98 Å². The predicted molar refractivity (Wildman–Crippen MR) is 82.3 cm³/mol. The van der Waals surface area contributed by atoms with Gasteiger partial charge >= 0.3 is 6.18 Å². The number of benzene rings is 1. The number of aromatic nitrogens is 1. The molecule has 2 rings (SSSR count). The zero-order chi connectivity index (χ0) is 17.7. The van der Waals surface area contributed by atoms with Gasteiger partial charge in [0.15, 0.2) is 0 Å². The van der Waals surface area contributed by atoms with E-state index in [1.54, 1.807) is 24.3 Å². The van der Waals surface area contributed by atoms with Crippen LogP contribution in [0.5, 0.6) is 11.6 Å². The summed E-state index contributed by atoms with van der Waals surface area (Å²) in [5, 5.41) is 20.6. The lowest BCUT2D eigenvalue weighted by atomic mass is 10.2. The van der Waals surface area contributed by atoms with Crippen molar-refractivity contribution in [3.63, 3.8) is 0 Å². The molecule has 0 aliphatic carbocycles. The Bertz CT molecular complexity index is 681. The number of aliphatic hydroxyl groups excluding tert-OH is 2. The lowest BCUT2D eigenvalue weighted by Gasteiger charge is -2.12. The van der Waals surface area contributed by atoms with E-state index in [2.05, 4.69) is 10.3 Å². The molecule has 1 aromatic heterocycles. The fourth-order valence-electron chi connectivity index (χ4n) is 1.71. The normalized spacial score (nSPS) is 12.8. The maximum atomic E-state index is 12.5. The van der Waals surface area contributed by atoms with Crippen LogP contribution in [-0.2, 0) is 6.18 Å². The monoisotopic (exact) mass is 362 g/mol. The summed E-state index contributed by atoms with van der Waals surface area (Å²) in [6.45, 7) is -0.185. The van der Waals surface area contributed by atoms with Crippen LogP contribution in [0.1, 0.15) is 5.56 Å². The van der Waals surface area contributed by atoms with Crippen LogP contribution in [0.4, 0.5) is 18.9 Å². The quantitative estimate of drug-likeness (QED) is 0.735. The Hall–Kier alpha value is -2.03. The maximum Gasteiger partial charge on any atom is 0.417 e. The second kappa shape index (κ2) is 7.69. The molecule has 1 aromatic carbocycles. The molecule has 0 spiro atoms. The summed E-state index contributed by atoms with van der Waals surface area (Å²) < 4.78 is 43.0. The minimum atomic E-state index is -4.53. The highest BCUT2D eigenvalue weighted by atomic mass is 35.5. The average Bonchev–Trinajstić information content (AvgIpc) is 2.54. The Balaban J connectivity index is 2.03. The highest BCUT2D eigenvalue weighted by Gasteiger charge is 2.31. The van der Waals surface area contributed by atoms with Crippen LogP contribution >= 0.6 is 11.6 Å². The molecule has 3 N–H and O–H groups in total.